The van der Waals surface area contributed by atoms with Gasteiger partial charge in [0.05, 0.1) is 0 Å². The van der Waals surface area contributed by atoms with Gasteiger partial charge >= 0.3 is 12.4 Å². The number of hydrogen-bond acceptors (Lipinski definition) is 1. The van der Waals surface area contributed by atoms with E-state index in [9.17, 15) is 26.3 Å². The number of guanidine groups is 1. The number of halogens is 6. The molecular formula is C7H11F6N3. The number of hydrogen-bond donors (Lipinski definition) is 1. The first-order valence-corrected chi connectivity index (χ1v) is 4.07. The van der Waals surface area contributed by atoms with E-state index in [0.717, 1.165) is 14.1 Å². The molecule has 0 fully saturated rings. The predicted octanol–water partition coefficient (Wildman–Crippen LogP) is 1.91. The first-order valence-electron chi connectivity index (χ1n) is 4.07. The second-order valence-electron chi connectivity index (χ2n) is 3.27. The Morgan fingerprint density at radius 3 is 1.31 bits per heavy atom. The molecule has 9 heteroatoms. The molecule has 0 aromatic carbocycles. The van der Waals surface area contributed by atoms with Crippen LogP contribution in [0, 0.1) is 5.41 Å². The highest BCUT2D eigenvalue weighted by molar-refractivity contribution is 5.76. The highest BCUT2D eigenvalue weighted by atomic mass is 19.4. The van der Waals surface area contributed by atoms with Gasteiger partial charge in [0.1, 0.15) is 13.1 Å². The van der Waals surface area contributed by atoms with E-state index in [1.54, 1.807) is 0 Å². The highest BCUT2D eigenvalue weighted by Gasteiger charge is 2.34. The molecule has 0 saturated carbocycles. The Kier molecular flexibility index (Phi) is 4.45. The maximum absolute atomic E-state index is 11.9. The average molecular weight is 251 g/mol. The lowest BCUT2D eigenvalue weighted by Gasteiger charge is -2.28. The van der Waals surface area contributed by atoms with Crippen LogP contribution in [-0.2, 0) is 0 Å². The van der Waals surface area contributed by atoms with Gasteiger partial charge in [-0.25, -0.2) is 0 Å². The molecular weight excluding hydrogens is 240 g/mol. The number of nitrogens with zero attached hydrogens (tertiary/aromatic N) is 2. The summed E-state index contributed by atoms with van der Waals surface area (Å²) in [6.07, 6.45) is -9.11. The highest BCUT2D eigenvalue weighted by Crippen LogP contribution is 2.18. The minimum atomic E-state index is -4.56. The Balaban J connectivity index is 4.34. The van der Waals surface area contributed by atoms with Gasteiger partial charge in [-0.2, -0.15) is 26.3 Å². The predicted molar refractivity (Wildman–Crippen MR) is 45.1 cm³/mol. The van der Waals surface area contributed by atoms with Crippen molar-refractivity contribution >= 4 is 5.96 Å². The minimum absolute atomic E-state index is 0.395. The fraction of sp³-hybridized carbons (Fsp3) is 0.857. The van der Waals surface area contributed by atoms with Crippen molar-refractivity contribution in [1.82, 2.24) is 9.80 Å². The summed E-state index contributed by atoms with van der Waals surface area (Å²) in [7, 11) is 1.81. The summed E-state index contributed by atoms with van der Waals surface area (Å²) >= 11 is 0. The summed E-state index contributed by atoms with van der Waals surface area (Å²) in [5.41, 5.74) is 0. The Labute approximate surface area is 88.1 Å². The van der Waals surface area contributed by atoms with Gasteiger partial charge in [-0.1, -0.05) is 0 Å². The lowest BCUT2D eigenvalue weighted by atomic mass is 10.5. The van der Waals surface area contributed by atoms with E-state index in [4.69, 9.17) is 5.41 Å². The Morgan fingerprint density at radius 1 is 0.875 bits per heavy atom. The van der Waals surface area contributed by atoms with Gasteiger partial charge in [0.15, 0.2) is 5.96 Å². The smallest absolute Gasteiger partial charge is 0.337 e. The zero-order valence-corrected chi connectivity index (χ0v) is 8.58. The van der Waals surface area contributed by atoms with Crippen LogP contribution in [0.5, 0.6) is 0 Å². The van der Waals surface area contributed by atoms with Crippen LogP contribution in [0.2, 0.25) is 0 Å². The normalized spacial score (nSPS) is 12.5. The molecule has 0 saturated heterocycles. The average Bonchev–Trinajstić information content (AvgIpc) is 1.96. The van der Waals surface area contributed by atoms with Crippen molar-refractivity contribution in [3.05, 3.63) is 0 Å². The van der Waals surface area contributed by atoms with Crippen LogP contribution in [-0.4, -0.2) is 55.3 Å². The lowest BCUT2D eigenvalue weighted by Crippen LogP contribution is -2.46. The van der Waals surface area contributed by atoms with E-state index < -0.39 is 31.4 Å². The zero-order chi connectivity index (χ0) is 13.1. The second-order valence-corrected chi connectivity index (χ2v) is 3.27. The molecule has 0 unspecified atom stereocenters. The van der Waals surface area contributed by atoms with Gasteiger partial charge in [-0.15, -0.1) is 0 Å². The molecule has 3 nitrogen and oxygen atoms in total. The van der Waals surface area contributed by atoms with Crippen LogP contribution in [0.25, 0.3) is 0 Å². The summed E-state index contributed by atoms with van der Waals surface area (Å²) in [6, 6.07) is 0. The van der Waals surface area contributed by atoms with E-state index in [0.29, 0.717) is 9.80 Å². The van der Waals surface area contributed by atoms with Crippen molar-refractivity contribution in [2.24, 2.45) is 0 Å². The molecule has 16 heavy (non-hydrogen) atoms. The summed E-state index contributed by atoms with van der Waals surface area (Å²) < 4.78 is 71.3. The van der Waals surface area contributed by atoms with Crippen LogP contribution >= 0.6 is 0 Å². The molecule has 0 aliphatic carbocycles. The topological polar surface area (TPSA) is 30.3 Å². The molecule has 0 heterocycles. The van der Waals surface area contributed by atoms with Crippen molar-refractivity contribution in [1.29, 1.82) is 5.41 Å². The van der Waals surface area contributed by atoms with Crippen LogP contribution in [0.4, 0.5) is 26.3 Å². The fourth-order valence-electron chi connectivity index (χ4n) is 0.979. The maximum atomic E-state index is 11.9. The third-order valence-corrected chi connectivity index (χ3v) is 1.56. The number of alkyl halides is 6. The molecule has 96 valence electrons. The SMILES string of the molecule is CN(CC(F)(F)F)C(=N)N(C)CC(F)(F)F. The molecule has 0 spiro atoms. The lowest BCUT2D eigenvalue weighted by molar-refractivity contribution is -0.142. The van der Waals surface area contributed by atoms with Crippen LogP contribution < -0.4 is 0 Å². The van der Waals surface area contributed by atoms with Gasteiger partial charge in [0.2, 0.25) is 0 Å². The molecule has 0 aromatic rings. The molecule has 0 bridgehead atoms. The van der Waals surface area contributed by atoms with Crippen LogP contribution in [0.1, 0.15) is 0 Å². The van der Waals surface area contributed by atoms with E-state index in [2.05, 4.69) is 0 Å². The summed E-state index contributed by atoms with van der Waals surface area (Å²) in [5.74, 6) is -0.838. The van der Waals surface area contributed by atoms with Gasteiger partial charge in [0, 0.05) is 14.1 Å². The van der Waals surface area contributed by atoms with E-state index in [1.807, 2.05) is 0 Å². The van der Waals surface area contributed by atoms with Crippen molar-refractivity contribution < 1.29 is 26.3 Å². The van der Waals surface area contributed by atoms with Crippen molar-refractivity contribution in [2.45, 2.75) is 12.4 Å². The molecule has 0 atom stereocenters. The molecule has 0 amide bonds. The quantitative estimate of drug-likeness (QED) is 0.461. The molecule has 0 aromatic heterocycles. The summed E-state index contributed by atoms with van der Waals surface area (Å²) in [6.45, 7) is -2.93. The van der Waals surface area contributed by atoms with Crippen molar-refractivity contribution in [2.75, 3.05) is 27.2 Å². The fourth-order valence-corrected chi connectivity index (χ4v) is 0.979. The van der Waals surface area contributed by atoms with Crippen LogP contribution in [0.15, 0.2) is 0 Å². The van der Waals surface area contributed by atoms with Crippen molar-refractivity contribution in [3.63, 3.8) is 0 Å². The minimum Gasteiger partial charge on any atom is -0.337 e. The summed E-state index contributed by atoms with van der Waals surface area (Å²) in [5, 5.41) is 7.11. The Bertz CT molecular complexity index is 221. The monoisotopic (exact) mass is 251 g/mol. The van der Waals surface area contributed by atoms with Gasteiger partial charge in [0.25, 0.3) is 0 Å². The van der Waals surface area contributed by atoms with Gasteiger partial charge in [-0.05, 0) is 0 Å². The first kappa shape index (κ1) is 14.8. The summed E-state index contributed by atoms with van der Waals surface area (Å²) in [4.78, 5) is 0.789. The Morgan fingerprint density at radius 2 is 1.12 bits per heavy atom. The van der Waals surface area contributed by atoms with E-state index in [1.165, 1.54) is 0 Å². The molecule has 0 aliphatic heterocycles. The largest absolute Gasteiger partial charge is 0.406 e. The van der Waals surface area contributed by atoms with Gasteiger partial charge < -0.3 is 9.80 Å². The third kappa shape index (κ3) is 6.36. The number of nitrogens with one attached hydrogen (secondary N) is 1. The van der Waals surface area contributed by atoms with E-state index in [-0.39, 0.29) is 0 Å². The number of rotatable bonds is 2. The standard InChI is InChI=1S/C7H11F6N3/c1-15(3-6(8,9)10)5(14)16(2)4-7(11,12)13/h14H,3-4H2,1-2H3. The molecule has 0 rings (SSSR count). The first-order chi connectivity index (χ1) is 6.92. The third-order valence-electron chi connectivity index (χ3n) is 1.56. The zero-order valence-electron chi connectivity index (χ0n) is 8.58. The van der Waals surface area contributed by atoms with Crippen LogP contribution in [0.3, 0.4) is 0 Å². The molecule has 1 N–H and O–H groups in total. The Hall–Kier alpha value is -1.15. The maximum Gasteiger partial charge on any atom is 0.406 e. The van der Waals surface area contributed by atoms with E-state index >= 15 is 0 Å². The second kappa shape index (κ2) is 4.79. The molecule has 0 radical (unpaired) electrons. The van der Waals surface area contributed by atoms with Gasteiger partial charge in [-0.3, -0.25) is 5.41 Å². The van der Waals surface area contributed by atoms with Crippen molar-refractivity contribution in [3.8, 4) is 0 Å². The molecule has 0 aliphatic rings.